The number of nitro benzene ring substituents is 1. The number of nitrogens with one attached hydrogen (secondary N) is 1. The summed E-state index contributed by atoms with van der Waals surface area (Å²) in [6, 6.07) is 4.63. The van der Waals surface area contributed by atoms with Gasteiger partial charge in [-0.3, -0.25) is 10.1 Å². The molecule has 0 bridgehead atoms. The van der Waals surface area contributed by atoms with Gasteiger partial charge in [0.1, 0.15) is 0 Å². The lowest BCUT2D eigenvalue weighted by molar-refractivity contribution is -0.387. The predicted molar refractivity (Wildman–Crippen MR) is 73.7 cm³/mol. The van der Waals surface area contributed by atoms with Crippen LogP contribution in [0.2, 0.25) is 0 Å². The molecule has 0 amide bonds. The Morgan fingerprint density at radius 2 is 2.11 bits per heavy atom. The second kappa shape index (κ2) is 7.19. The third-order valence-corrected chi connectivity index (χ3v) is 3.49. The van der Waals surface area contributed by atoms with Crippen LogP contribution in [0.25, 0.3) is 0 Å². The third-order valence-electron chi connectivity index (χ3n) is 3.49. The summed E-state index contributed by atoms with van der Waals surface area (Å²) in [5, 5.41) is 14.0. The Hall–Kier alpha value is -1.49. The van der Waals surface area contributed by atoms with Crippen molar-refractivity contribution in [2.75, 3.05) is 6.54 Å². The van der Waals surface area contributed by atoms with Crippen LogP contribution in [0.15, 0.2) is 18.2 Å². The first-order chi connectivity index (χ1) is 9.01. The van der Waals surface area contributed by atoms with Gasteiger partial charge in [0.2, 0.25) is 5.82 Å². The van der Waals surface area contributed by atoms with Gasteiger partial charge < -0.3 is 5.32 Å². The molecule has 1 aromatic rings. The highest BCUT2D eigenvalue weighted by Gasteiger charge is 2.21. The van der Waals surface area contributed by atoms with Gasteiger partial charge in [-0.15, -0.1) is 0 Å². The summed E-state index contributed by atoms with van der Waals surface area (Å²) in [4.78, 5) is 10.0. The maximum atomic E-state index is 14.0. The quantitative estimate of drug-likeness (QED) is 0.609. The van der Waals surface area contributed by atoms with E-state index >= 15 is 0 Å². The van der Waals surface area contributed by atoms with E-state index in [1.807, 2.05) is 13.8 Å². The summed E-state index contributed by atoms with van der Waals surface area (Å²) < 4.78 is 14.0. The molecule has 0 saturated carbocycles. The van der Waals surface area contributed by atoms with E-state index in [0.29, 0.717) is 12.0 Å². The topological polar surface area (TPSA) is 55.2 Å². The molecule has 1 rings (SSSR count). The van der Waals surface area contributed by atoms with E-state index in [-0.39, 0.29) is 12.0 Å². The van der Waals surface area contributed by atoms with E-state index in [1.54, 1.807) is 12.1 Å². The summed E-state index contributed by atoms with van der Waals surface area (Å²) in [7, 11) is 0. The van der Waals surface area contributed by atoms with Crippen molar-refractivity contribution in [3.63, 3.8) is 0 Å². The van der Waals surface area contributed by atoms with Gasteiger partial charge in [0.25, 0.3) is 0 Å². The van der Waals surface area contributed by atoms with E-state index in [4.69, 9.17) is 0 Å². The second-order valence-corrected chi connectivity index (χ2v) is 4.73. The minimum atomic E-state index is -0.699. The highest BCUT2D eigenvalue weighted by Crippen LogP contribution is 2.24. The Bertz CT molecular complexity index is 437. The molecule has 0 aliphatic heterocycles. The maximum Gasteiger partial charge on any atom is 0.305 e. The lowest BCUT2D eigenvalue weighted by Gasteiger charge is -2.23. The monoisotopic (exact) mass is 268 g/mol. The van der Waals surface area contributed by atoms with Crippen LogP contribution in [-0.4, -0.2) is 17.5 Å². The van der Waals surface area contributed by atoms with Crippen molar-refractivity contribution in [1.29, 1.82) is 0 Å². The fourth-order valence-corrected chi connectivity index (χ4v) is 2.31. The molecule has 0 aliphatic rings. The first-order valence-electron chi connectivity index (χ1n) is 6.66. The molecule has 2 atom stereocenters. The van der Waals surface area contributed by atoms with Crippen molar-refractivity contribution >= 4 is 5.69 Å². The zero-order chi connectivity index (χ0) is 14.4. The molecule has 0 fully saturated rings. The molecule has 1 aromatic carbocycles. The van der Waals surface area contributed by atoms with Gasteiger partial charge in [-0.2, -0.15) is 4.39 Å². The van der Waals surface area contributed by atoms with Crippen molar-refractivity contribution in [1.82, 2.24) is 5.32 Å². The van der Waals surface area contributed by atoms with Crippen LogP contribution >= 0.6 is 0 Å². The first kappa shape index (κ1) is 15.6. The van der Waals surface area contributed by atoms with Crippen LogP contribution in [-0.2, 0) is 6.42 Å². The Kier molecular flexibility index (Phi) is 5.89. The van der Waals surface area contributed by atoms with Crippen LogP contribution in [0.3, 0.4) is 0 Å². The van der Waals surface area contributed by atoms with Crippen LogP contribution < -0.4 is 5.32 Å². The fraction of sp³-hybridized carbons (Fsp3) is 0.571. The molecular weight excluding hydrogens is 247 g/mol. The zero-order valence-corrected chi connectivity index (χ0v) is 11.6. The van der Waals surface area contributed by atoms with Gasteiger partial charge in [0, 0.05) is 12.1 Å². The average molecular weight is 268 g/mol. The Morgan fingerprint density at radius 3 is 2.63 bits per heavy atom. The summed E-state index contributed by atoms with van der Waals surface area (Å²) in [6.45, 7) is 6.99. The summed E-state index contributed by atoms with van der Waals surface area (Å²) in [5.41, 5.74) is -0.0192. The molecule has 4 nitrogen and oxygen atoms in total. The molecule has 106 valence electrons. The largest absolute Gasteiger partial charge is 0.314 e. The minimum absolute atomic E-state index is 0.258. The number of nitro groups is 1. The van der Waals surface area contributed by atoms with Gasteiger partial charge in [-0.25, -0.2) is 0 Å². The number of rotatable bonds is 7. The lowest BCUT2D eigenvalue weighted by Crippen LogP contribution is -2.34. The normalized spacial score (nSPS) is 14.1. The molecule has 0 heterocycles. The molecule has 0 aromatic heterocycles. The number of halogens is 1. The molecule has 5 heteroatoms. The Labute approximate surface area is 113 Å². The molecule has 0 aliphatic carbocycles. The summed E-state index contributed by atoms with van der Waals surface area (Å²) in [6.07, 6.45) is 1.41. The van der Waals surface area contributed by atoms with Crippen LogP contribution in [0.1, 0.15) is 32.8 Å². The third kappa shape index (κ3) is 3.99. The van der Waals surface area contributed by atoms with Crippen LogP contribution in [0.4, 0.5) is 10.1 Å². The molecule has 1 N–H and O–H groups in total. The van der Waals surface area contributed by atoms with E-state index in [2.05, 4.69) is 12.2 Å². The van der Waals surface area contributed by atoms with Crippen molar-refractivity contribution in [3.8, 4) is 0 Å². The SMILES string of the molecule is CCNC(C)C(CC)Cc1cccc([N+](=O)[O-])c1F. The van der Waals surface area contributed by atoms with Gasteiger partial charge >= 0.3 is 5.69 Å². The molecular formula is C14H21FN2O2. The smallest absolute Gasteiger partial charge is 0.305 e. The zero-order valence-electron chi connectivity index (χ0n) is 11.6. The predicted octanol–water partition coefficient (Wildman–Crippen LogP) is 3.30. The maximum absolute atomic E-state index is 14.0. The highest BCUT2D eigenvalue weighted by molar-refractivity contribution is 5.37. The highest BCUT2D eigenvalue weighted by atomic mass is 19.1. The standard InChI is InChI=1S/C14H21FN2O2/c1-4-11(10(3)16-5-2)9-12-7-6-8-13(14(12)15)17(18)19/h6-8,10-11,16H,4-5,9H2,1-3H3. The van der Waals surface area contributed by atoms with Gasteiger partial charge in [-0.05, 0) is 31.4 Å². The van der Waals surface area contributed by atoms with E-state index in [1.165, 1.54) is 6.07 Å². The van der Waals surface area contributed by atoms with E-state index in [9.17, 15) is 14.5 Å². The molecule has 0 spiro atoms. The fourth-order valence-electron chi connectivity index (χ4n) is 2.31. The number of benzene rings is 1. The van der Waals surface area contributed by atoms with E-state index < -0.39 is 16.4 Å². The average Bonchev–Trinajstić information content (AvgIpc) is 2.37. The van der Waals surface area contributed by atoms with Gasteiger partial charge in [0.15, 0.2) is 0 Å². The molecule has 2 unspecified atom stereocenters. The second-order valence-electron chi connectivity index (χ2n) is 4.73. The molecule has 19 heavy (non-hydrogen) atoms. The Morgan fingerprint density at radius 1 is 1.42 bits per heavy atom. The number of hydrogen-bond donors (Lipinski definition) is 1. The molecule has 0 radical (unpaired) electrons. The first-order valence-corrected chi connectivity index (χ1v) is 6.66. The summed E-state index contributed by atoms with van der Waals surface area (Å²) >= 11 is 0. The van der Waals surface area contributed by atoms with Crippen molar-refractivity contribution in [2.45, 2.75) is 39.7 Å². The number of hydrogen-bond acceptors (Lipinski definition) is 3. The van der Waals surface area contributed by atoms with Crippen LogP contribution in [0.5, 0.6) is 0 Å². The summed E-state index contributed by atoms with van der Waals surface area (Å²) in [5.74, 6) is -0.439. The van der Waals surface area contributed by atoms with Crippen LogP contribution in [0, 0.1) is 21.8 Å². The lowest BCUT2D eigenvalue weighted by atomic mass is 9.90. The van der Waals surface area contributed by atoms with E-state index in [0.717, 1.165) is 13.0 Å². The van der Waals surface area contributed by atoms with Gasteiger partial charge in [-0.1, -0.05) is 32.4 Å². The van der Waals surface area contributed by atoms with Gasteiger partial charge in [0.05, 0.1) is 4.92 Å². The number of nitrogens with zero attached hydrogens (tertiary/aromatic N) is 1. The minimum Gasteiger partial charge on any atom is -0.314 e. The molecule has 0 saturated heterocycles. The van der Waals surface area contributed by atoms with Crippen molar-refractivity contribution < 1.29 is 9.31 Å². The Balaban J connectivity index is 2.91. The van der Waals surface area contributed by atoms with Crippen molar-refractivity contribution in [2.24, 2.45) is 5.92 Å². The van der Waals surface area contributed by atoms with Crippen molar-refractivity contribution in [3.05, 3.63) is 39.7 Å².